The van der Waals surface area contributed by atoms with Crippen molar-refractivity contribution in [2.45, 2.75) is 26.3 Å². The minimum Gasteiger partial charge on any atom is -0.385 e. The lowest BCUT2D eigenvalue weighted by Crippen LogP contribution is -2.34. The highest BCUT2D eigenvalue weighted by Crippen LogP contribution is 2.13. The Bertz CT molecular complexity index is 584. The molecule has 1 aromatic heterocycles. The topological polar surface area (TPSA) is 54.0 Å². The van der Waals surface area contributed by atoms with Crippen molar-refractivity contribution in [1.82, 2.24) is 10.3 Å². The fraction of sp³-hybridized carbons (Fsp3) is 0.294. The predicted octanol–water partition coefficient (Wildman–Crippen LogP) is 2.87. The standard InChI is InChI=1S/C17H21N3O/c1-3-19-16-9-10-18-12-15(16)17(21)20-13(2)11-14-7-5-4-6-8-14/h4-10,12-13H,3,11H2,1-2H3,(H,18,19)(H,20,21). The molecule has 2 N–H and O–H groups in total. The zero-order valence-electron chi connectivity index (χ0n) is 12.5. The Balaban J connectivity index is 2.01. The molecule has 0 aliphatic carbocycles. The van der Waals surface area contributed by atoms with Crippen molar-refractivity contribution >= 4 is 11.6 Å². The van der Waals surface area contributed by atoms with Crippen LogP contribution in [0.15, 0.2) is 48.8 Å². The summed E-state index contributed by atoms with van der Waals surface area (Å²) in [5.74, 6) is -0.0949. The van der Waals surface area contributed by atoms with Gasteiger partial charge >= 0.3 is 0 Å². The molecule has 1 aromatic carbocycles. The SMILES string of the molecule is CCNc1ccncc1C(=O)NC(C)Cc1ccccc1. The molecule has 0 bridgehead atoms. The second kappa shape index (κ2) is 7.43. The molecule has 1 atom stereocenters. The largest absolute Gasteiger partial charge is 0.385 e. The first kappa shape index (κ1) is 15.0. The Morgan fingerprint density at radius 2 is 2.00 bits per heavy atom. The Morgan fingerprint density at radius 1 is 1.24 bits per heavy atom. The van der Waals surface area contributed by atoms with Crippen LogP contribution in [-0.2, 0) is 6.42 Å². The van der Waals surface area contributed by atoms with E-state index in [9.17, 15) is 4.79 Å². The highest BCUT2D eigenvalue weighted by molar-refractivity contribution is 5.99. The van der Waals surface area contributed by atoms with Crippen molar-refractivity contribution in [3.63, 3.8) is 0 Å². The minimum absolute atomic E-state index is 0.0644. The summed E-state index contributed by atoms with van der Waals surface area (Å²) >= 11 is 0. The number of anilines is 1. The van der Waals surface area contributed by atoms with Crippen molar-refractivity contribution in [3.8, 4) is 0 Å². The Hall–Kier alpha value is -2.36. The lowest BCUT2D eigenvalue weighted by atomic mass is 10.1. The van der Waals surface area contributed by atoms with Gasteiger partial charge in [-0.05, 0) is 31.9 Å². The summed E-state index contributed by atoms with van der Waals surface area (Å²) in [5.41, 5.74) is 2.61. The highest BCUT2D eigenvalue weighted by atomic mass is 16.1. The van der Waals surface area contributed by atoms with Gasteiger partial charge in [0.25, 0.3) is 5.91 Å². The number of hydrogen-bond donors (Lipinski definition) is 2. The lowest BCUT2D eigenvalue weighted by molar-refractivity contribution is 0.0940. The van der Waals surface area contributed by atoms with Crippen LogP contribution in [0.25, 0.3) is 0 Å². The molecule has 4 nitrogen and oxygen atoms in total. The van der Waals surface area contributed by atoms with Gasteiger partial charge in [0, 0.05) is 25.0 Å². The normalized spacial score (nSPS) is 11.7. The zero-order valence-corrected chi connectivity index (χ0v) is 12.5. The van der Waals surface area contributed by atoms with E-state index >= 15 is 0 Å². The molecule has 21 heavy (non-hydrogen) atoms. The summed E-state index contributed by atoms with van der Waals surface area (Å²) in [4.78, 5) is 16.4. The number of nitrogens with zero attached hydrogens (tertiary/aromatic N) is 1. The molecule has 110 valence electrons. The van der Waals surface area contributed by atoms with Gasteiger partial charge in [-0.2, -0.15) is 0 Å². The van der Waals surface area contributed by atoms with E-state index in [1.807, 2.05) is 38.1 Å². The van der Waals surface area contributed by atoms with Gasteiger partial charge in [-0.25, -0.2) is 0 Å². The molecule has 2 aromatic rings. The van der Waals surface area contributed by atoms with Crippen molar-refractivity contribution in [2.24, 2.45) is 0 Å². The third-order valence-corrected chi connectivity index (χ3v) is 3.20. The summed E-state index contributed by atoms with van der Waals surface area (Å²) in [6.45, 7) is 4.78. The van der Waals surface area contributed by atoms with Crippen LogP contribution < -0.4 is 10.6 Å². The third-order valence-electron chi connectivity index (χ3n) is 3.20. The Kier molecular flexibility index (Phi) is 5.32. The maximum atomic E-state index is 12.3. The molecular weight excluding hydrogens is 262 g/mol. The molecule has 0 saturated carbocycles. The molecule has 0 spiro atoms. The first-order valence-corrected chi connectivity index (χ1v) is 7.23. The maximum absolute atomic E-state index is 12.3. The number of benzene rings is 1. The van der Waals surface area contributed by atoms with Crippen LogP contribution >= 0.6 is 0 Å². The first-order chi connectivity index (χ1) is 10.2. The number of carbonyl (C=O) groups is 1. The van der Waals surface area contributed by atoms with E-state index < -0.39 is 0 Å². The summed E-state index contributed by atoms with van der Waals surface area (Å²) in [6, 6.07) is 12.0. The lowest BCUT2D eigenvalue weighted by Gasteiger charge is -2.16. The molecule has 0 saturated heterocycles. The summed E-state index contributed by atoms with van der Waals surface area (Å²) in [5, 5.41) is 6.20. The average molecular weight is 283 g/mol. The van der Waals surface area contributed by atoms with Gasteiger partial charge in [-0.1, -0.05) is 30.3 Å². The van der Waals surface area contributed by atoms with Crippen LogP contribution in [0.5, 0.6) is 0 Å². The molecule has 4 heteroatoms. The molecular formula is C17H21N3O. The van der Waals surface area contributed by atoms with Crippen LogP contribution in [0, 0.1) is 0 Å². The average Bonchev–Trinajstić information content (AvgIpc) is 2.49. The van der Waals surface area contributed by atoms with Crippen molar-refractivity contribution in [2.75, 3.05) is 11.9 Å². The number of amides is 1. The van der Waals surface area contributed by atoms with Crippen LogP contribution in [0.4, 0.5) is 5.69 Å². The molecule has 2 rings (SSSR count). The maximum Gasteiger partial charge on any atom is 0.255 e. The quantitative estimate of drug-likeness (QED) is 0.857. The van der Waals surface area contributed by atoms with E-state index in [2.05, 4.69) is 27.8 Å². The van der Waals surface area contributed by atoms with Crippen molar-refractivity contribution in [1.29, 1.82) is 0 Å². The van der Waals surface area contributed by atoms with E-state index in [1.54, 1.807) is 12.4 Å². The first-order valence-electron chi connectivity index (χ1n) is 7.23. The molecule has 0 fully saturated rings. The van der Waals surface area contributed by atoms with E-state index in [4.69, 9.17) is 0 Å². The Labute approximate surface area is 125 Å². The number of pyridine rings is 1. The van der Waals surface area contributed by atoms with Gasteiger partial charge in [0.15, 0.2) is 0 Å². The minimum atomic E-state index is -0.0949. The van der Waals surface area contributed by atoms with E-state index in [1.165, 1.54) is 5.56 Å². The molecule has 0 aliphatic heterocycles. The van der Waals surface area contributed by atoms with E-state index in [0.717, 1.165) is 18.7 Å². The Morgan fingerprint density at radius 3 is 2.71 bits per heavy atom. The number of hydrogen-bond acceptors (Lipinski definition) is 3. The zero-order chi connectivity index (χ0) is 15.1. The van der Waals surface area contributed by atoms with Crippen LogP contribution in [0.3, 0.4) is 0 Å². The van der Waals surface area contributed by atoms with Gasteiger partial charge in [0.2, 0.25) is 0 Å². The van der Waals surface area contributed by atoms with Crippen LogP contribution in [0.2, 0.25) is 0 Å². The van der Waals surface area contributed by atoms with Crippen molar-refractivity contribution < 1.29 is 4.79 Å². The fourth-order valence-electron chi connectivity index (χ4n) is 2.24. The molecule has 0 radical (unpaired) electrons. The second-order valence-electron chi connectivity index (χ2n) is 5.02. The van der Waals surface area contributed by atoms with Gasteiger partial charge < -0.3 is 10.6 Å². The van der Waals surface area contributed by atoms with Gasteiger partial charge in [-0.15, -0.1) is 0 Å². The number of aromatic nitrogens is 1. The smallest absolute Gasteiger partial charge is 0.255 e. The van der Waals surface area contributed by atoms with E-state index in [-0.39, 0.29) is 11.9 Å². The number of nitrogens with one attached hydrogen (secondary N) is 2. The van der Waals surface area contributed by atoms with Crippen LogP contribution in [0.1, 0.15) is 29.8 Å². The molecule has 1 unspecified atom stereocenters. The summed E-state index contributed by atoms with van der Waals surface area (Å²) in [7, 11) is 0. The van der Waals surface area contributed by atoms with Crippen LogP contribution in [-0.4, -0.2) is 23.5 Å². The van der Waals surface area contributed by atoms with Gasteiger partial charge in [0.1, 0.15) is 0 Å². The molecule has 1 amide bonds. The highest BCUT2D eigenvalue weighted by Gasteiger charge is 2.14. The summed E-state index contributed by atoms with van der Waals surface area (Å²) < 4.78 is 0. The van der Waals surface area contributed by atoms with Gasteiger partial charge in [-0.3, -0.25) is 9.78 Å². The van der Waals surface area contributed by atoms with Gasteiger partial charge in [0.05, 0.1) is 11.3 Å². The monoisotopic (exact) mass is 283 g/mol. The van der Waals surface area contributed by atoms with Crippen molar-refractivity contribution in [3.05, 3.63) is 59.9 Å². The number of carbonyl (C=O) groups excluding carboxylic acids is 1. The predicted molar refractivity (Wildman–Crippen MR) is 85.5 cm³/mol. The summed E-state index contributed by atoms with van der Waals surface area (Å²) in [6.07, 6.45) is 4.09. The third kappa shape index (κ3) is 4.31. The fourth-order valence-corrected chi connectivity index (χ4v) is 2.24. The number of rotatable bonds is 6. The molecule has 0 aliphatic rings. The molecule has 1 heterocycles. The van der Waals surface area contributed by atoms with E-state index in [0.29, 0.717) is 5.56 Å². The second-order valence-corrected chi connectivity index (χ2v) is 5.02.